The van der Waals surface area contributed by atoms with Crippen molar-refractivity contribution >= 4 is 11.7 Å². The molecule has 2 saturated heterocycles. The first-order valence-corrected chi connectivity index (χ1v) is 9.86. The van der Waals surface area contributed by atoms with E-state index in [0.717, 1.165) is 39.1 Å². The summed E-state index contributed by atoms with van der Waals surface area (Å²) in [5.41, 5.74) is 0.618. The standard InChI is InChI=1S/C20H31FN4O2/c1-16-15-24(19-6-4-3-5-18(19)21)11-12-25(16)20(26)22-17-7-9-23(10-8-17)13-14-27-2/h3-6,16-17H,7-15H2,1-2H3,(H,22,26)/t16-/m1/s1. The van der Waals surface area contributed by atoms with E-state index >= 15 is 0 Å². The van der Waals surface area contributed by atoms with E-state index in [9.17, 15) is 9.18 Å². The minimum atomic E-state index is -0.206. The highest BCUT2D eigenvalue weighted by Crippen LogP contribution is 2.22. The Bertz CT molecular complexity index is 622. The number of para-hydroxylation sites is 1. The predicted molar refractivity (Wildman–Crippen MR) is 105 cm³/mol. The van der Waals surface area contributed by atoms with Gasteiger partial charge in [0, 0.05) is 58.5 Å². The SMILES string of the molecule is COCCN1CCC(NC(=O)N2CCN(c3ccccc3F)C[C@H]2C)CC1. The number of hydrogen-bond acceptors (Lipinski definition) is 4. The molecule has 0 unspecified atom stereocenters. The maximum atomic E-state index is 14.0. The summed E-state index contributed by atoms with van der Waals surface area (Å²) in [7, 11) is 1.72. The van der Waals surface area contributed by atoms with Crippen LogP contribution in [0, 0.1) is 5.82 Å². The van der Waals surface area contributed by atoms with Crippen LogP contribution in [-0.4, -0.2) is 80.9 Å². The molecular weight excluding hydrogens is 347 g/mol. The van der Waals surface area contributed by atoms with Gasteiger partial charge in [-0.1, -0.05) is 12.1 Å². The Morgan fingerprint density at radius 1 is 1.22 bits per heavy atom. The fourth-order valence-electron chi connectivity index (χ4n) is 3.97. The number of ether oxygens (including phenoxy) is 1. The number of nitrogens with zero attached hydrogens (tertiary/aromatic N) is 3. The number of piperazine rings is 1. The van der Waals surface area contributed by atoms with Gasteiger partial charge in [-0.15, -0.1) is 0 Å². The number of likely N-dealkylation sites (tertiary alicyclic amines) is 1. The zero-order chi connectivity index (χ0) is 19.2. The molecule has 2 heterocycles. The van der Waals surface area contributed by atoms with Gasteiger partial charge in [0.15, 0.2) is 0 Å². The first-order chi connectivity index (χ1) is 13.1. The summed E-state index contributed by atoms with van der Waals surface area (Å²) >= 11 is 0. The molecule has 2 aliphatic rings. The van der Waals surface area contributed by atoms with E-state index in [1.54, 1.807) is 19.2 Å². The highest BCUT2D eigenvalue weighted by molar-refractivity contribution is 5.75. The Hall–Kier alpha value is -1.86. The van der Waals surface area contributed by atoms with Crippen molar-refractivity contribution in [3.05, 3.63) is 30.1 Å². The zero-order valence-corrected chi connectivity index (χ0v) is 16.4. The molecule has 27 heavy (non-hydrogen) atoms. The van der Waals surface area contributed by atoms with Gasteiger partial charge < -0.3 is 24.8 Å². The quantitative estimate of drug-likeness (QED) is 0.853. The Labute approximate surface area is 161 Å². The molecule has 1 aromatic rings. The molecule has 1 N–H and O–H groups in total. The van der Waals surface area contributed by atoms with Crippen LogP contribution >= 0.6 is 0 Å². The number of methoxy groups -OCH3 is 1. The van der Waals surface area contributed by atoms with Gasteiger partial charge in [0.05, 0.1) is 12.3 Å². The van der Waals surface area contributed by atoms with Crippen LogP contribution in [0.3, 0.4) is 0 Å². The molecule has 0 spiro atoms. The molecule has 0 aliphatic carbocycles. The van der Waals surface area contributed by atoms with E-state index in [-0.39, 0.29) is 23.9 Å². The van der Waals surface area contributed by atoms with Crippen LogP contribution in [0.1, 0.15) is 19.8 Å². The van der Waals surface area contributed by atoms with Crippen molar-refractivity contribution in [3.8, 4) is 0 Å². The van der Waals surface area contributed by atoms with E-state index in [1.807, 2.05) is 22.8 Å². The summed E-state index contributed by atoms with van der Waals surface area (Å²) in [5.74, 6) is -0.206. The maximum Gasteiger partial charge on any atom is 0.317 e. The topological polar surface area (TPSA) is 48.1 Å². The Balaban J connectivity index is 1.47. The fraction of sp³-hybridized carbons (Fsp3) is 0.650. The van der Waals surface area contributed by atoms with E-state index < -0.39 is 0 Å². The summed E-state index contributed by atoms with van der Waals surface area (Å²) in [5, 5.41) is 3.20. The van der Waals surface area contributed by atoms with Gasteiger partial charge in [-0.3, -0.25) is 0 Å². The molecule has 1 aromatic carbocycles. The molecular formula is C20H31FN4O2. The largest absolute Gasteiger partial charge is 0.383 e. The Morgan fingerprint density at radius 3 is 2.63 bits per heavy atom. The summed E-state index contributed by atoms with van der Waals surface area (Å²) in [4.78, 5) is 19.0. The first kappa shape index (κ1) is 19.9. The van der Waals surface area contributed by atoms with Gasteiger partial charge in [0.25, 0.3) is 0 Å². The number of anilines is 1. The minimum Gasteiger partial charge on any atom is -0.383 e. The second-order valence-electron chi connectivity index (χ2n) is 7.50. The second kappa shape index (κ2) is 9.37. The molecule has 2 fully saturated rings. The average Bonchev–Trinajstić information content (AvgIpc) is 2.67. The van der Waals surface area contributed by atoms with Crippen LogP contribution in [0.4, 0.5) is 14.9 Å². The summed E-state index contributed by atoms with van der Waals surface area (Å²) < 4.78 is 19.2. The summed E-state index contributed by atoms with van der Waals surface area (Å²) in [6.07, 6.45) is 1.94. The smallest absolute Gasteiger partial charge is 0.317 e. The number of piperidine rings is 1. The van der Waals surface area contributed by atoms with Gasteiger partial charge in [-0.2, -0.15) is 0 Å². The van der Waals surface area contributed by atoms with Crippen molar-refractivity contribution in [1.82, 2.24) is 15.1 Å². The molecule has 2 amide bonds. The Morgan fingerprint density at radius 2 is 1.96 bits per heavy atom. The van der Waals surface area contributed by atoms with Crippen LogP contribution in [0.5, 0.6) is 0 Å². The number of nitrogens with one attached hydrogen (secondary N) is 1. The minimum absolute atomic E-state index is 0.00558. The van der Waals surface area contributed by atoms with Crippen molar-refractivity contribution in [2.75, 3.05) is 57.9 Å². The van der Waals surface area contributed by atoms with Gasteiger partial charge in [-0.25, -0.2) is 9.18 Å². The lowest BCUT2D eigenvalue weighted by atomic mass is 10.1. The van der Waals surface area contributed by atoms with Crippen LogP contribution < -0.4 is 10.2 Å². The number of carbonyl (C=O) groups excluding carboxylic acids is 1. The summed E-state index contributed by atoms with van der Waals surface area (Å²) in [6, 6.07) is 7.11. The number of benzene rings is 1. The Kier molecular flexibility index (Phi) is 6.90. The number of amides is 2. The van der Waals surface area contributed by atoms with Crippen LogP contribution in [0.2, 0.25) is 0 Å². The number of halogens is 1. The molecule has 3 rings (SSSR count). The van der Waals surface area contributed by atoms with Crippen molar-refractivity contribution in [2.45, 2.75) is 31.8 Å². The summed E-state index contributed by atoms with van der Waals surface area (Å²) in [6.45, 7) is 7.61. The maximum absolute atomic E-state index is 14.0. The van der Waals surface area contributed by atoms with Gasteiger partial charge in [0.2, 0.25) is 0 Å². The highest BCUT2D eigenvalue weighted by Gasteiger charge is 2.30. The third kappa shape index (κ3) is 5.11. The predicted octanol–water partition coefficient (Wildman–Crippen LogP) is 2.16. The van der Waals surface area contributed by atoms with Crippen LogP contribution in [-0.2, 0) is 4.74 Å². The number of carbonyl (C=O) groups is 1. The van der Waals surface area contributed by atoms with E-state index in [2.05, 4.69) is 10.2 Å². The zero-order valence-electron chi connectivity index (χ0n) is 16.4. The molecule has 6 nitrogen and oxygen atoms in total. The van der Waals surface area contributed by atoms with E-state index in [1.165, 1.54) is 6.07 Å². The lowest BCUT2D eigenvalue weighted by Gasteiger charge is -2.42. The normalized spacial score (nSPS) is 22.1. The third-order valence-corrected chi connectivity index (χ3v) is 5.61. The van der Waals surface area contributed by atoms with E-state index in [4.69, 9.17) is 4.74 Å². The first-order valence-electron chi connectivity index (χ1n) is 9.86. The molecule has 7 heteroatoms. The molecule has 150 valence electrons. The number of urea groups is 1. The number of rotatable bonds is 5. The molecule has 0 radical (unpaired) electrons. The van der Waals surface area contributed by atoms with Crippen molar-refractivity contribution in [3.63, 3.8) is 0 Å². The highest BCUT2D eigenvalue weighted by atomic mass is 19.1. The molecule has 0 bridgehead atoms. The average molecular weight is 378 g/mol. The molecule has 0 saturated carbocycles. The van der Waals surface area contributed by atoms with E-state index in [0.29, 0.717) is 25.3 Å². The molecule has 0 aromatic heterocycles. The molecule has 1 atom stereocenters. The lowest BCUT2D eigenvalue weighted by Crippen LogP contribution is -2.58. The lowest BCUT2D eigenvalue weighted by molar-refractivity contribution is 0.122. The van der Waals surface area contributed by atoms with Gasteiger partial charge in [0.1, 0.15) is 5.82 Å². The number of hydrogen-bond donors (Lipinski definition) is 1. The molecule has 2 aliphatic heterocycles. The third-order valence-electron chi connectivity index (χ3n) is 5.61. The van der Waals surface area contributed by atoms with Crippen molar-refractivity contribution in [2.24, 2.45) is 0 Å². The van der Waals surface area contributed by atoms with Crippen molar-refractivity contribution in [1.29, 1.82) is 0 Å². The second-order valence-corrected chi connectivity index (χ2v) is 7.50. The van der Waals surface area contributed by atoms with Gasteiger partial charge in [-0.05, 0) is 31.9 Å². The fourth-order valence-corrected chi connectivity index (χ4v) is 3.97. The van der Waals surface area contributed by atoms with Crippen LogP contribution in [0.15, 0.2) is 24.3 Å². The van der Waals surface area contributed by atoms with Gasteiger partial charge >= 0.3 is 6.03 Å². The van der Waals surface area contributed by atoms with Crippen LogP contribution in [0.25, 0.3) is 0 Å². The van der Waals surface area contributed by atoms with Crippen molar-refractivity contribution < 1.29 is 13.9 Å². The monoisotopic (exact) mass is 378 g/mol.